The molecule has 1 aliphatic rings. The third-order valence-corrected chi connectivity index (χ3v) is 3.29. The molecule has 3 N–H and O–H groups in total. The summed E-state index contributed by atoms with van der Waals surface area (Å²) in [6, 6.07) is 7.04. The van der Waals surface area contributed by atoms with Crippen LogP contribution in [0.15, 0.2) is 24.3 Å². The zero-order valence-corrected chi connectivity index (χ0v) is 11.1. The van der Waals surface area contributed by atoms with Gasteiger partial charge < -0.3 is 15.7 Å². The number of hydrogen-bond acceptors (Lipinski definition) is 3. The molecule has 106 valence electrons. The predicted octanol–water partition coefficient (Wildman–Crippen LogP) is 1.13. The monoisotopic (exact) mass is 276 g/mol. The van der Waals surface area contributed by atoms with Gasteiger partial charge in [-0.1, -0.05) is 12.1 Å². The maximum Gasteiger partial charge on any atom is 0.319 e. The molecule has 2 amide bonds. The molecule has 0 spiro atoms. The second-order valence-corrected chi connectivity index (χ2v) is 4.95. The van der Waals surface area contributed by atoms with Gasteiger partial charge in [0.1, 0.15) is 5.41 Å². The number of nitrogens with one attached hydrogen (secondary N) is 2. The van der Waals surface area contributed by atoms with Gasteiger partial charge in [-0.2, -0.15) is 0 Å². The Morgan fingerprint density at radius 2 is 2.00 bits per heavy atom. The molecule has 2 rings (SSSR count). The van der Waals surface area contributed by atoms with Gasteiger partial charge in [-0.3, -0.25) is 14.4 Å². The summed E-state index contributed by atoms with van der Waals surface area (Å²) in [7, 11) is 0. The molecule has 0 atom stereocenters. The number of carbonyl (C=O) groups is 3. The summed E-state index contributed by atoms with van der Waals surface area (Å²) < 4.78 is 0. The maximum absolute atomic E-state index is 11.8. The SMILES string of the molecule is CC(=O)Nc1cccc(CNC(=O)C2(C(=O)O)CC2)c1. The van der Waals surface area contributed by atoms with Crippen LogP contribution in [-0.4, -0.2) is 22.9 Å². The first kappa shape index (κ1) is 14.0. The summed E-state index contributed by atoms with van der Waals surface area (Å²) in [5.41, 5.74) is 0.212. The van der Waals surface area contributed by atoms with Crippen LogP contribution in [0.1, 0.15) is 25.3 Å². The predicted molar refractivity (Wildman–Crippen MR) is 71.9 cm³/mol. The molecule has 0 saturated heterocycles. The zero-order valence-electron chi connectivity index (χ0n) is 11.1. The Kier molecular flexibility index (Phi) is 3.74. The van der Waals surface area contributed by atoms with Crippen molar-refractivity contribution >= 4 is 23.5 Å². The summed E-state index contributed by atoms with van der Waals surface area (Å²) in [6.45, 7) is 1.65. The third kappa shape index (κ3) is 2.96. The number of carboxylic acids is 1. The van der Waals surface area contributed by atoms with E-state index in [0.717, 1.165) is 5.56 Å². The Labute approximate surface area is 116 Å². The van der Waals surface area contributed by atoms with Gasteiger partial charge in [-0.05, 0) is 30.5 Å². The minimum absolute atomic E-state index is 0.172. The van der Waals surface area contributed by atoms with Crippen LogP contribution in [0.5, 0.6) is 0 Å². The number of hydrogen-bond donors (Lipinski definition) is 3. The lowest BCUT2D eigenvalue weighted by molar-refractivity contribution is -0.149. The Morgan fingerprint density at radius 1 is 1.30 bits per heavy atom. The number of amides is 2. The molecule has 0 radical (unpaired) electrons. The Hall–Kier alpha value is -2.37. The van der Waals surface area contributed by atoms with Gasteiger partial charge in [0, 0.05) is 19.2 Å². The Bertz CT molecular complexity index is 564. The van der Waals surface area contributed by atoms with Gasteiger partial charge >= 0.3 is 5.97 Å². The van der Waals surface area contributed by atoms with Crippen LogP contribution >= 0.6 is 0 Å². The summed E-state index contributed by atoms with van der Waals surface area (Å²) >= 11 is 0. The van der Waals surface area contributed by atoms with E-state index in [4.69, 9.17) is 5.11 Å². The van der Waals surface area contributed by atoms with E-state index < -0.39 is 17.3 Å². The van der Waals surface area contributed by atoms with Gasteiger partial charge in [0.25, 0.3) is 0 Å². The number of rotatable bonds is 5. The number of aliphatic carboxylic acids is 1. The third-order valence-electron chi connectivity index (χ3n) is 3.29. The molecule has 0 bridgehead atoms. The minimum Gasteiger partial charge on any atom is -0.480 e. The normalized spacial score (nSPS) is 15.2. The topological polar surface area (TPSA) is 95.5 Å². The lowest BCUT2D eigenvalue weighted by Crippen LogP contribution is -2.36. The van der Waals surface area contributed by atoms with E-state index in [1.807, 2.05) is 0 Å². The molecule has 20 heavy (non-hydrogen) atoms. The van der Waals surface area contributed by atoms with E-state index in [-0.39, 0.29) is 12.5 Å². The van der Waals surface area contributed by atoms with Gasteiger partial charge in [-0.25, -0.2) is 0 Å². The van der Waals surface area contributed by atoms with Crippen LogP contribution in [0.4, 0.5) is 5.69 Å². The summed E-state index contributed by atoms with van der Waals surface area (Å²) in [6.07, 6.45) is 0.778. The summed E-state index contributed by atoms with van der Waals surface area (Å²) in [5.74, 6) is -1.69. The number of carboxylic acid groups (broad SMARTS) is 1. The van der Waals surface area contributed by atoms with Gasteiger partial charge in [0.15, 0.2) is 0 Å². The summed E-state index contributed by atoms with van der Waals surface area (Å²) in [5, 5.41) is 14.3. The second kappa shape index (κ2) is 5.32. The average molecular weight is 276 g/mol. The lowest BCUT2D eigenvalue weighted by atomic mass is 10.1. The second-order valence-electron chi connectivity index (χ2n) is 4.95. The number of anilines is 1. The molecule has 1 aromatic rings. The molecular weight excluding hydrogens is 260 g/mol. The highest BCUT2D eigenvalue weighted by molar-refractivity contribution is 6.04. The molecular formula is C14H16N2O4. The molecule has 1 saturated carbocycles. The quantitative estimate of drug-likeness (QED) is 0.702. The van der Waals surface area contributed by atoms with Crippen molar-refractivity contribution in [2.45, 2.75) is 26.3 Å². The number of carbonyl (C=O) groups excluding carboxylic acids is 2. The van der Waals surface area contributed by atoms with Crippen molar-refractivity contribution in [3.05, 3.63) is 29.8 Å². The van der Waals surface area contributed by atoms with Gasteiger partial charge in [0.2, 0.25) is 11.8 Å². The van der Waals surface area contributed by atoms with Crippen LogP contribution in [0.25, 0.3) is 0 Å². The van der Waals surface area contributed by atoms with E-state index in [1.54, 1.807) is 24.3 Å². The molecule has 1 fully saturated rings. The number of benzene rings is 1. The van der Waals surface area contributed by atoms with Crippen molar-refractivity contribution in [2.24, 2.45) is 5.41 Å². The largest absolute Gasteiger partial charge is 0.480 e. The van der Waals surface area contributed by atoms with E-state index in [1.165, 1.54) is 6.92 Å². The van der Waals surface area contributed by atoms with Crippen LogP contribution in [-0.2, 0) is 20.9 Å². The molecule has 6 nitrogen and oxygen atoms in total. The standard InChI is InChI=1S/C14H16N2O4/c1-9(17)16-11-4-2-3-10(7-11)8-15-12(18)14(5-6-14)13(19)20/h2-4,7H,5-6,8H2,1H3,(H,15,18)(H,16,17)(H,19,20). The highest BCUT2D eigenvalue weighted by atomic mass is 16.4. The van der Waals surface area contributed by atoms with Crippen molar-refractivity contribution in [3.63, 3.8) is 0 Å². The summed E-state index contributed by atoms with van der Waals surface area (Å²) in [4.78, 5) is 33.8. The van der Waals surface area contributed by atoms with Crippen molar-refractivity contribution < 1.29 is 19.5 Å². The van der Waals surface area contributed by atoms with Crippen molar-refractivity contribution in [1.82, 2.24) is 5.32 Å². The highest BCUT2D eigenvalue weighted by Gasteiger charge is 2.56. The first-order chi connectivity index (χ1) is 9.44. The van der Waals surface area contributed by atoms with E-state index >= 15 is 0 Å². The highest BCUT2D eigenvalue weighted by Crippen LogP contribution is 2.46. The zero-order chi connectivity index (χ0) is 14.8. The Morgan fingerprint density at radius 3 is 2.55 bits per heavy atom. The van der Waals surface area contributed by atoms with E-state index in [9.17, 15) is 14.4 Å². The van der Waals surface area contributed by atoms with Crippen LogP contribution < -0.4 is 10.6 Å². The fourth-order valence-corrected chi connectivity index (χ4v) is 1.98. The van der Waals surface area contributed by atoms with Crippen LogP contribution in [0.3, 0.4) is 0 Å². The fourth-order valence-electron chi connectivity index (χ4n) is 1.98. The minimum atomic E-state index is -1.23. The van der Waals surface area contributed by atoms with Gasteiger partial charge in [0.05, 0.1) is 0 Å². The first-order valence-electron chi connectivity index (χ1n) is 6.32. The van der Waals surface area contributed by atoms with Crippen molar-refractivity contribution in [2.75, 3.05) is 5.32 Å². The molecule has 0 heterocycles. The maximum atomic E-state index is 11.8. The lowest BCUT2D eigenvalue weighted by Gasteiger charge is -2.11. The fraction of sp³-hybridized carbons (Fsp3) is 0.357. The molecule has 1 aliphatic carbocycles. The van der Waals surface area contributed by atoms with E-state index in [0.29, 0.717) is 18.5 Å². The molecule has 1 aromatic carbocycles. The van der Waals surface area contributed by atoms with E-state index in [2.05, 4.69) is 10.6 Å². The van der Waals surface area contributed by atoms with Crippen LogP contribution in [0.2, 0.25) is 0 Å². The average Bonchev–Trinajstić information content (AvgIpc) is 3.17. The smallest absolute Gasteiger partial charge is 0.319 e. The van der Waals surface area contributed by atoms with Crippen LogP contribution in [0, 0.1) is 5.41 Å². The molecule has 6 heteroatoms. The molecule has 0 aromatic heterocycles. The molecule has 0 aliphatic heterocycles. The first-order valence-corrected chi connectivity index (χ1v) is 6.32. The molecule has 0 unspecified atom stereocenters. The Balaban J connectivity index is 1.96. The van der Waals surface area contributed by atoms with Crippen molar-refractivity contribution in [1.29, 1.82) is 0 Å². The van der Waals surface area contributed by atoms with Gasteiger partial charge in [-0.15, -0.1) is 0 Å². The van der Waals surface area contributed by atoms with Crippen molar-refractivity contribution in [3.8, 4) is 0 Å².